The lowest BCUT2D eigenvalue weighted by Gasteiger charge is -2.26. The van der Waals surface area contributed by atoms with E-state index in [1.165, 1.54) is 0 Å². The van der Waals surface area contributed by atoms with E-state index >= 15 is 0 Å². The summed E-state index contributed by atoms with van der Waals surface area (Å²) < 4.78 is 136. The van der Waals surface area contributed by atoms with Gasteiger partial charge in [-0.2, -0.15) is 0 Å². The largest absolute Gasteiger partial charge is 0.310 e. The number of hydrogen-bond donors (Lipinski definition) is 0. The molecule has 1 nitrogen and oxygen atoms in total. The van der Waals surface area contributed by atoms with Crippen LogP contribution in [0.4, 0.5) is 17.1 Å². The van der Waals surface area contributed by atoms with Gasteiger partial charge in [0, 0.05) is 37.2 Å². The van der Waals surface area contributed by atoms with E-state index in [0.717, 1.165) is 31.3 Å². The lowest BCUT2D eigenvalue weighted by molar-refractivity contribution is 1.29. The molecule has 0 N–H and O–H groups in total. The molecule has 0 aliphatic heterocycles. The summed E-state index contributed by atoms with van der Waals surface area (Å²) in [4.78, 5) is 1.64. The Labute approximate surface area is 305 Å². The summed E-state index contributed by atoms with van der Waals surface area (Å²) >= 11 is 1.61. The van der Waals surface area contributed by atoms with Crippen molar-refractivity contribution in [2.45, 2.75) is 0 Å². The van der Waals surface area contributed by atoms with Crippen LogP contribution < -0.4 is 4.90 Å². The number of anilines is 3. The topological polar surface area (TPSA) is 3.24 Å². The molecule has 1 aromatic heterocycles. The molecule has 0 saturated carbocycles. The third-order valence-corrected chi connectivity index (χ3v) is 9.19. The van der Waals surface area contributed by atoms with Gasteiger partial charge in [-0.15, -0.1) is 11.3 Å². The highest BCUT2D eigenvalue weighted by Crippen LogP contribution is 2.42. The van der Waals surface area contributed by atoms with Crippen molar-refractivity contribution in [1.29, 1.82) is 0 Å². The zero-order chi connectivity index (χ0) is 44.9. The molecule has 0 saturated heterocycles. The maximum absolute atomic E-state index is 9.54. The molecule has 0 aliphatic rings. The first-order valence-electron chi connectivity index (χ1n) is 22.6. The van der Waals surface area contributed by atoms with Crippen molar-refractivity contribution in [2.75, 3.05) is 4.90 Å². The van der Waals surface area contributed by atoms with E-state index in [0.29, 0.717) is 11.4 Å². The van der Waals surface area contributed by atoms with Gasteiger partial charge >= 0.3 is 0 Å². The zero-order valence-electron chi connectivity index (χ0n) is 40.1. The molecule has 2 heteroatoms. The van der Waals surface area contributed by atoms with Gasteiger partial charge in [-0.25, -0.2) is 0 Å². The summed E-state index contributed by atoms with van der Waals surface area (Å²) in [5.41, 5.74) is 0.531. The minimum atomic E-state index is -0.777. The highest BCUT2D eigenvalue weighted by atomic mass is 32.1. The average molecular weight is 645 g/mol. The Hall–Kier alpha value is -5.96. The summed E-state index contributed by atoms with van der Waals surface area (Å²) in [6.45, 7) is 0. The van der Waals surface area contributed by atoms with Crippen LogP contribution in [0.2, 0.25) is 0 Å². The maximum atomic E-state index is 9.54. The maximum Gasteiger partial charge on any atom is 0.0645 e. The lowest BCUT2D eigenvalue weighted by atomic mass is 9.97. The van der Waals surface area contributed by atoms with Crippen molar-refractivity contribution in [3.05, 3.63) is 188 Å². The highest BCUT2D eigenvalue weighted by Gasteiger charge is 2.16. The fourth-order valence-electron chi connectivity index (χ4n) is 5.76. The SMILES string of the molecule is [2H]c1c([2H])c([2H])c(-c2c([2H])c([2H])c3c([2H])c(-c4c([2H])c([2H])c(N(c5cccc(-c6ccccc6)c5)c5ccc6sc7ccccc7c6c5)c([2H])c4[2H])c([2H])c([2H])c3c2[2H])c([2H])c1[2H]. The van der Waals surface area contributed by atoms with Crippen LogP contribution >= 0.6 is 11.3 Å². The molecule has 0 spiro atoms. The second-order valence-corrected chi connectivity index (χ2v) is 12.1. The number of nitrogens with zero attached hydrogens (tertiary/aromatic N) is 1. The van der Waals surface area contributed by atoms with Gasteiger partial charge in [0.2, 0.25) is 0 Å². The van der Waals surface area contributed by atoms with E-state index in [-0.39, 0.29) is 5.69 Å². The lowest BCUT2D eigenvalue weighted by Crippen LogP contribution is -2.10. The van der Waals surface area contributed by atoms with Crippen LogP contribution in [0.3, 0.4) is 0 Å². The molecular formula is C46H31NS. The third-order valence-electron chi connectivity index (χ3n) is 8.04. The van der Waals surface area contributed by atoms with Gasteiger partial charge in [0.15, 0.2) is 0 Å². The van der Waals surface area contributed by atoms with Gasteiger partial charge in [0.1, 0.15) is 0 Å². The standard InChI is InChI=1S/C46H31NS/c1-3-10-32(11-4-1)35-14-9-15-41(30-35)47(42-26-27-46-44(31-42)43-16-7-8-17-45(43)48-46)40-24-22-34(23-25-40)37-19-21-38-28-36(18-20-39(38)29-37)33-12-5-2-6-13-33/h1-31H/i2D,5D,6D,12D,13D,18D,19D,20D,21D,22D,23D,24D,25D,28D,29D. The van der Waals surface area contributed by atoms with Crippen molar-refractivity contribution in [3.63, 3.8) is 0 Å². The number of fused-ring (bicyclic) bond motifs is 4. The van der Waals surface area contributed by atoms with Crippen LogP contribution in [0.5, 0.6) is 0 Å². The molecule has 9 aromatic rings. The molecule has 48 heavy (non-hydrogen) atoms. The van der Waals surface area contributed by atoms with E-state index in [1.54, 1.807) is 22.3 Å². The Morgan fingerprint density at radius 2 is 1.02 bits per heavy atom. The van der Waals surface area contributed by atoms with Crippen LogP contribution in [-0.4, -0.2) is 0 Å². The van der Waals surface area contributed by atoms with E-state index in [2.05, 4.69) is 0 Å². The number of hydrogen-bond acceptors (Lipinski definition) is 2. The van der Waals surface area contributed by atoms with Gasteiger partial charge in [-0.3, -0.25) is 0 Å². The zero-order valence-corrected chi connectivity index (χ0v) is 25.9. The minimum absolute atomic E-state index is 0.130. The van der Waals surface area contributed by atoms with Crippen molar-refractivity contribution >= 4 is 59.3 Å². The predicted octanol–water partition coefficient (Wildman–Crippen LogP) is 13.7. The van der Waals surface area contributed by atoms with Gasteiger partial charge in [-0.1, -0.05) is 127 Å². The van der Waals surface area contributed by atoms with Gasteiger partial charge < -0.3 is 4.90 Å². The monoisotopic (exact) mass is 644 g/mol. The summed E-state index contributed by atoms with van der Waals surface area (Å²) in [6.07, 6.45) is 0. The predicted molar refractivity (Wildman–Crippen MR) is 208 cm³/mol. The van der Waals surface area contributed by atoms with E-state index < -0.39 is 124 Å². The Bertz CT molecular complexity index is 3360. The quantitative estimate of drug-likeness (QED) is 0.174. The van der Waals surface area contributed by atoms with Gasteiger partial charge in [0.05, 0.1) is 20.6 Å². The smallest absolute Gasteiger partial charge is 0.0645 e. The molecule has 226 valence electrons. The second kappa shape index (κ2) is 12.0. The molecule has 0 unspecified atom stereocenters. The fraction of sp³-hybridized carbons (Fsp3) is 0. The minimum Gasteiger partial charge on any atom is -0.310 e. The Morgan fingerprint density at radius 3 is 1.79 bits per heavy atom. The summed E-state index contributed by atoms with van der Waals surface area (Å²) in [5, 5.41) is 0.962. The highest BCUT2D eigenvalue weighted by molar-refractivity contribution is 7.25. The first-order chi connectivity index (χ1) is 30.0. The van der Waals surface area contributed by atoms with Crippen LogP contribution in [0, 0.1) is 0 Å². The summed E-state index contributed by atoms with van der Waals surface area (Å²) in [6, 6.07) is 20.2. The Kier molecular flexibility index (Phi) is 4.19. The first-order valence-corrected chi connectivity index (χ1v) is 15.9. The van der Waals surface area contributed by atoms with E-state index in [1.807, 2.05) is 91.0 Å². The summed E-state index contributed by atoms with van der Waals surface area (Å²) in [7, 11) is 0. The molecule has 8 aromatic carbocycles. The Morgan fingerprint density at radius 1 is 0.396 bits per heavy atom. The normalized spacial score (nSPS) is 15.7. The van der Waals surface area contributed by atoms with Crippen LogP contribution in [0.1, 0.15) is 20.6 Å². The molecule has 0 aliphatic carbocycles. The number of benzene rings is 8. The van der Waals surface area contributed by atoms with E-state index in [4.69, 9.17) is 13.7 Å². The summed E-state index contributed by atoms with van der Waals surface area (Å²) in [5.74, 6) is 0. The first kappa shape index (κ1) is 16.7. The molecule has 0 atom stereocenters. The van der Waals surface area contributed by atoms with Crippen LogP contribution in [0.15, 0.2) is 188 Å². The van der Waals surface area contributed by atoms with Gasteiger partial charge in [-0.05, 0) is 105 Å². The molecule has 9 rings (SSSR count). The average Bonchev–Trinajstić information content (AvgIpc) is 3.66. The molecule has 1 heterocycles. The van der Waals surface area contributed by atoms with Crippen molar-refractivity contribution < 1.29 is 20.6 Å². The van der Waals surface area contributed by atoms with E-state index in [9.17, 15) is 6.85 Å². The number of rotatable bonds is 6. The molecule has 0 radical (unpaired) electrons. The Balaban J connectivity index is 1.30. The molecule has 0 bridgehead atoms. The van der Waals surface area contributed by atoms with Crippen molar-refractivity contribution in [1.82, 2.24) is 0 Å². The third kappa shape index (κ3) is 5.23. The molecule has 0 amide bonds. The van der Waals surface area contributed by atoms with Gasteiger partial charge in [0.25, 0.3) is 0 Å². The fourth-order valence-corrected chi connectivity index (χ4v) is 6.84. The van der Waals surface area contributed by atoms with Crippen molar-refractivity contribution in [3.8, 4) is 33.4 Å². The van der Waals surface area contributed by atoms with Crippen LogP contribution in [0.25, 0.3) is 64.3 Å². The van der Waals surface area contributed by atoms with Crippen LogP contribution in [-0.2, 0) is 0 Å². The second-order valence-electron chi connectivity index (χ2n) is 11.0. The molecular weight excluding hydrogens is 599 g/mol. The number of thiophene rings is 1. The van der Waals surface area contributed by atoms with Crippen molar-refractivity contribution in [2.24, 2.45) is 0 Å². The molecule has 0 fully saturated rings.